The van der Waals surface area contributed by atoms with E-state index < -0.39 is 27.5 Å². The number of nitrogens with one attached hydrogen (secondary N) is 1. The quantitative estimate of drug-likeness (QED) is 0.924. The van der Waals surface area contributed by atoms with Crippen LogP contribution in [0.3, 0.4) is 0 Å². The Hall–Kier alpha value is -1.12. The summed E-state index contributed by atoms with van der Waals surface area (Å²) < 4.78 is 64.8. The number of halogens is 3. The fraction of sp³-hybridized carbons (Fsp3) is 0.538. The van der Waals surface area contributed by atoms with Gasteiger partial charge in [-0.05, 0) is 18.6 Å². The van der Waals surface area contributed by atoms with Crippen LogP contribution in [0.5, 0.6) is 0 Å². The van der Waals surface area contributed by atoms with Crippen LogP contribution in [0.15, 0.2) is 24.3 Å². The maximum atomic E-state index is 12.9. The van der Waals surface area contributed by atoms with E-state index >= 15 is 0 Å². The van der Waals surface area contributed by atoms with Gasteiger partial charge in [0.25, 0.3) is 0 Å². The van der Waals surface area contributed by atoms with Gasteiger partial charge in [0.15, 0.2) is 0 Å². The van der Waals surface area contributed by atoms with E-state index in [-0.39, 0.29) is 18.2 Å². The molecule has 1 N–H and O–H groups in total. The van der Waals surface area contributed by atoms with Crippen LogP contribution in [-0.2, 0) is 22.0 Å². The summed E-state index contributed by atoms with van der Waals surface area (Å²) in [6.07, 6.45) is -4.55. The molecule has 0 aromatic heterocycles. The Morgan fingerprint density at radius 3 is 2.62 bits per heavy atom. The van der Waals surface area contributed by atoms with Crippen molar-refractivity contribution in [1.29, 1.82) is 0 Å². The molecule has 0 bridgehead atoms. The number of piperazine rings is 1. The number of sulfonamides is 1. The van der Waals surface area contributed by atoms with Gasteiger partial charge in [0.05, 0.1) is 11.3 Å². The van der Waals surface area contributed by atoms with Gasteiger partial charge >= 0.3 is 6.18 Å². The third-order valence-electron chi connectivity index (χ3n) is 3.46. The second-order valence-electron chi connectivity index (χ2n) is 5.07. The molecule has 1 atom stereocenters. The van der Waals surface area contributed by atoms with Gasteiger partial charge in [-0.25, -0.2) is 8.42 Å². The second kappa shape index (κ2) is 5.94. The largest absolute Gasteiger partial charge is 0.416 e. The molecule has 0 radical (unpaired) electrons. The molecule has 118 valence electrons. The zero-order valence-corrected chi connectivity index (χ0v) is 12.3. The minimum atomic E-state index is -4.55. The van der Waals surface area contributed by atoms with E-state index in [2.05, 4.69) is 5.32 Å². The van der Waals surface area contributed by atoms with Crippen molar-refractivity contribution in [3.05, 3.63) is 35.4 Å². The van der Waals surface area contributed by atoms with Crippen molar-refractivity contribution in [1.82, 2.24) is 9.62 Å². The molecule has 1 fully saturated rings. The summed E-state index contributed by atoms with van der Waals surface area (Å²) in [4.78, 5) is 0. The summed E-state index contributed by atoms with van der Waals surface area (Å²) in [5.41, 5.74) is -1.10. The van der Waals surface area contributed by atoms with Gasteiger partial charge < -0.3 is 5.32 Å². The topological polar surface area (TPSA) is 49.4 Å². The predicted molar refractivity (Wildman–Crippen MR) is 73.1 cm³/mol. The molecule has 1 aromatic carbocycles. The Balaban J connectivity index is 2.29. The molecular formula is C13H17F3N2O2S. The minimum absolute atomic E-state index is 0.212. The summed E-state index contributed by atoms with van der Waals surface area (Å²) >= 11 is 0. The summed E-state index contributed by atoms with van der Waals surface area (Å²) in [6.45, 7) is 3.02. The zero-order valence-electron chi connectivity index (χ0n) is 11.5. The van der Waals surface area contributed by atoms with Gasteiger partial charge in [-0.1, -0.05) is 18.2 Å². The fourth-order valence-electron chi connectivity index (χ4n) is 2.44. The van der Waals surface area contributed by atoms with E-state index in [4.69, 9.17) is 0 Å². The van der Waals surface area contributed by atoms with Gasteiger partial charge in [-0.15, -0.1) is 0 Å². The Morgan fingerprint density at radius 2 is 2.00 bits per heavy atom. The van der Waals surface area contributed by atoms with Gasteiger partial charge in [0, 0.05) is 25.7 Å². The first-order chi connectivity index (χ1) is 9.72. The Labute approximate surface area is 122 Å². The number of hydrogen-bond donors (Lipinski definition) is 1. The van der Waals surface area contributed by atoms with Crippen molar-refractivity contribution in [3.63, 3.8) is 0 Å². The summed E-state index contributed by atoms with van der Waals surface area (Å²) in [5, 5.41) is 3.05. The third-order valence-corrected chi connectivity index (χ3v) is 5.39. The molecule has 1 saturated heterocycles. The smallest absolute Gasteiger partial charge is 0.314 e. The highest BCUT2D eigenvalue weighted by atomic mass is 32.2. The molecule has 0 aliphatic carbocycles. The number of benzene rings is 1. The van der Waals surface area contributed by atoms with Crippen molar-refractivity contribution < 1.29 is 21.6 Å². The van der Waals surface area contributed by atoms with Gasteiger partial charge in [0.1, 0.15) is 0 Å². The van der Waals surface area contributed by atoms with Crippen molar-refractivity contribution in [2.45, 2.75) is 24.9 Å². The lowest BCUT2D eigenvalue weighted by molar-refractivity contribution is -0.138. The lowest BCUT2D eigenvalue weighted by Crippen LogP contribution is -2.52. The van der Waals surface area contributed by atoms with Crippen LogP contribution in [0.1, 0.15) is 18.1 Å². The Kier molecular flexibility index (Phi) is 4.60. The number of alkyl halides is 3. The van der Waals surface area contributed by atoms with Crippen LogP contribution in [0.2, 0.25) is 0 Å². The van der Waals surface area contributed by atoms with Crippen LogP contribution in [0.4, 0.5) is 13.2 Å². The molecule has 2 rings (SSSR count). The Bertz CT molecular complexity index is 602. The van der Waals surface area contributed by atoms with E-state index in [1.54, 1.807) is 6.92 Å². The summed E-state index contributed by atoms with van der Waals surface area (Å²) in [5.74, 6) is -0.632. The standard InChI is InChI=1S/C13H17F3N2O2S/c1-10-8-17-6-7-18(10)21(19,20)9-11-4-2-3-5-12(11)13(14,15)16/h2-5,10,17H,6-9H2,1H3/t10-/m1/s1. The number of rotatable bonds is 3. The average Bonchev–Trinajstić information content (AvgIpc) is 2.38. The molecule has 0 spiro atoms. The van der Waals surface area contributed by atoms with E-state index in [0.29, 0.717) is 13.1 Å². The zero-order chi connectivity index (χ0) is 15.7. The van der Waals surface area contributed by atoms with E-state index in [0.717, 1.165) is 6.07 Å². The third kappa shape index (κ3) is 3.75. The highest BCUT2D eigenvalue weighted by Gasteiger charge is 2.36. The summed E-state index contributed by atoms with van der Waals surface area (Å²) in [7, 11) is -3.78. The number of hydrogen-bond acceptors (Lipinski definition) is 3. The molecule has 1 aromatic rings. The van der Waals surface area contributed by atoms with Crippen LogP contribution >= 0.6 is 0 Å². The molecule has 8 heteroatoms. The SMILES string of the molecule is C[C@@H]1CNCCN1S(=O)(=O)Cc1ccccc1C(F)(F)F. The fourth-order valence-corrected chi connectivity index (χ4v) is 4.24. The van der Waals surface area contributed by atoms with Crippen LogP contribution < -0.4 is 5.32 Å². The molecule has 1 heterocycles. The summed E-state index contributed by atoms with van der Waals surface area (Å²) in [6, 6.07) is 4.54. The first-order valence-corrected chi connectivity index (χ1v) is 8.18. The molecule has 21 heavy (non-hydrogen) atoms. The highest BCUT2D eigenvalue weighted by Crippen LogP contribution is 2.33. The predicted octanol–water partition coefficient (Wildman–Crippen LogP) is 1.83. The molecule has 0 unspecified atom stereocenters. The van der Waals surface area contributed by atoms with E-state index in [9.17, 15) is 21.6 Å². The maximum absolute atomic E-state index is 12.9. The van der Waals surface area contributed by atoms with Crippen LogP contribution in [0, 0.1) is 0 Å². The van der Waals surface area contributed by atoms with Crippen molar-refractivity contribution in [3.8, 4) is 0 Å². The van der Waals surface area contributed by atoms with Crippen molar-refractivity contribution >= 4 is 10.0 Å². The highest BCUT2D eigenvalue weighted by molar-refractivity contribution is 7.88. The lowest BCUT2D eigenvalue weighted by atomic mass is 10.1. The van der Waals surface area contributed by atoms with Crippen molar-refractivity contribution in [2.24, 2.45) is 0 Å². The average molecular weight is 322 g/mol. The molecule has 0 saturated carbocycles. The van der Waals surface area contributed by atoms with E-state index in [1.807, 2.05) is 0 Å². The van der Waals surface area contributed by atoms with Gasteiger partial charge in [-0.2, -0.15) is 17.5 Å². The number of nitrogens with zero attached hydrogens (tertiary/aromatic N) is 1. The van der Waals surface area contributed by atoms with E-state index in [1.165, 1.54) is 22.5 Å². The Morgan fingerprint density at radius 1 is 1.33 bits per heavy atom. The van der Waals surface area contributed by atoms with Crippen molar-refractivity contribution in [2.75, 3.05) is 19.6 Å². The molecule has 1 aliphatic rings. The van der Waals surface area contributed by atoms with Crippen LogP contribution in [-0.4, -0.2) is 38.4 Å². The minimum Gasteiger partial charge on any atom is -0.314 e. The normalized spacial score (nSPS) is 21.4. The van der Waals surface area contributed by atoms with Crippen LogP contribution in [0.25, 0.3) is 0 Å². The molecule has 0 amide bonds. The van der Waals surface area contributed by atoms with Gasteiger partial charge in [-0.3, -0.25) is 0 Å². The molecule has 4 nitrogen and oxygen atoms in total. The monoisotopic (exact) mass is 322 g/mol. The lowest BCUT2D eigenvalue weighted by Gasteiger charge is -2.33. The molecule has 1 aliphatic heterocycles. The second-order valence-corrected chi connectivity index (χ2v) is 7.00. The maximum Gasteiger partial charge on any atom is 0.416 e. The molecular weight excluding hydrogens is 305 g/mol. The first-order valence-electron chi connectivity index (χ1n) is 6.57. The van der Waals surface area contributed by atoms with Gasteiger partial charge in [0.2, 0.25) is 10.0 Å². The first kappa shape index (κ1) is 16.3.